The van der Waals surface area contributed by atoms with E-state index in [9.17, 15) is 4.21 Å². The van der Waals surface area contributed by atoms with Crippen molar-refractivity contribution in [3.05, 3.63) is 0 Å². The summed E-state index contributed by atoms with van der Waals surface area (Å²) in [7, 11) is -0.591. The van der Waals surface area contributed by atoms with Crippen molar-refractivity contribution in [2.45, 2.75) is 59.4 Å². The van der Waals surface area contributed by atoms with E-state index in [2.05, 4.69) is 33.0 Å². The Kier molecular flexibility index (Phi) is 10.3. The number of hydrogen-bond donors (Lipinski definition) is 1. The molecule has 0 aromatic heterocycles. The predicted molar refractivity (Wildman–Crippen MR) is 74.3 cm³/mol. The van der Waals surface area contributed by atoms with Crippen LogP contribution in [0.15, 0.2) is 0 Å². The zero-order chi connectivity index (χ0) is 12.4. The molecule has 0 fully saturated rings. The van der Waals surface area contributed by atoms with Crippen LogP contribution in [0, 0.1) is 5.92 Å². The van der Waals surface area contributed by atoms with Gasteiger partial charge in [0.15, 0.2) is 0 Å². The SMILES string of the molecule is CCNC(CC)CCCS(=O)CCC(C)C. The van der Waals surface area contributed by atoms with Crippen LogP contribution in [0.25, 0.3) is 0 Å². The molecule has 0 heterocycles. The molecule has 2 nitrogen and oxygen atoms in total. The summed E-state index contributed by atoms with van der Waals surface area (Å²) in [5.74, 6) is 2.44. The highest BCUT2D eigenvalue weighted by molar-refractivity contribution is 7.84. The maximum absolute atomic E-state index is 11.7. The zero-order valence-electron chi connectivity index (χ0n) is 11.4. The molecular weight excluding hydrogens is 218 g/mol. The first kappa shape index (κ1) is 16.1. The largest absolute Gasteiger partial charge is 0.314 e. The topological polar surface area (TPSA) is 29.1 Å². The minimum Gasteiger partial charge on any atom is -0.314 e. The van der Waals surface area contributed by atoms with Crippen molar-refractivity contribution in [3.63, 3.8) is 0 Å². The third-order valence-corrected chi connectivity index (χ3v) is 4.27. The summed E-state index contributed by atoms with van der Waals surface area (Å²) in [5, 5.41) is 3.46. The van der Waals surface area contributed by atoms with E-state index in [1.165, 1.54) is 6.42 Å². The van der Waals surface area contributed by atoms with Gasteiger partial charge in [-0.05, 0) is 38.1 Å². The Bertz CT molecular complexity index is 183. The fourth-order valence-electron chi connectivity index (χ4n) is 1.70. The summed E-state index contributed by atoms with van der Waals surface area (Å²) in [4.78, 5) is 0. The second-order valence-electron chi connectivity index (χ2n) is 4.84. The highest BCUT2D eigenvalue weighted by Gasteiger charge is 2.06. The lowest BCUT2D eigenvalue weighted by Gasteiger charge is -2.15. The van der Waals surface area contributed by atoms with E-state index in [1.54, 1.807) is 0 Å². The van der Waals surface area contributed by atoms with Crippen LogP contribution in [0.5, 0.6) is 0 Å². The molecule has 0 saturated carbocycles. The van der Waals surface area contributed by atoms with E-state index >= 15 is 0 Å². The molecule has 0 aliphatic rings. The molecular formula is C13H29NOS. The molecule has 0 saturated heterocycles. The molecule has 0 amide bonds. The average molecular weight is 247 g/mol. The minimum absolute atomic E-state index is 0.591. The molecule has 2 atom stereocenters. The first-order valence-electron chi connectivity index (χ1n) is 6.68. The smallest absolute Gasteiger partial charge is 0.0237 e. The lowest BCUT2D eigenvalue weighted by molar-refractivity contribution is 0.476. The normalized spacial score (nSPS) is 15.3. The van der Waals surface area contributed by atoms with Crippen molar-refractivity contribution in [1.29, 1.82) is 0 Å². The van der Waals surface area contributed by atoms with E-state index in [0.717, 1.165) is 37.3 Å². The Hall–Kier alpha value is 0.110. The van der Waals surface area contributed by atoms with E-state index in [-0.39, 0.29) is 0 Å². The van der Waals surface area contributed by atoms with Crippen LogP contribution in [0.1, 0.15) is 53.4 Å². The summed E-state index contributed by atoms with van der Waals surface area (Å²) >= 11 is 0. The van der Waals surface area contributed by atoms with Gasteiger partial charge >= 0.3 is 0 Å². The van der Waals surface area contributed by atoms with Crippen LogP contribution >= 0.6 is 0 Å². The van der Waals surface area contributed by atoms with Gasteiger partial charge in [-0.1, -0.05) is 27.7 Å². The Morgan fingerprint density at radius 3 is 2.31 bits per heavy atom. The predicted octanol–water partition coefficient (Wildman–Crippen LogP) is 2.95. The zero-order valence-corrected chi connectivity index (χ0v) is 12.2. The molecule has 0 aliphatic carbocycles. The molecule has 3 heteroatoms. The summed E-state index contributed by atoms with van der Waals surface area (Å²) in [6.07, 6.45) is 4.53. The van der Waals surface area contributed by atoms with E-state index < -0.39 is 10.8 Å². The highest BCUT2D eigenvalue weighted by Crippen LogP contribution is 2.05. The molecule has 0 aliphatic heterocycles. The van der Waals surface area contributed by atoms with E-state index in [0.29, 0.717) is 12.0 Å². The highest BCUT2D eigenvalue weighted by atomic mass is 32.2. The van der Waals surface area contributed by atoms with E-state index in [4.69, 9.17) is 0 Å². The fraction of sp³-hybridized carbons (Fsp3) is 1.00. The van der Waals surface area contributed by atoms with Crippen LogP contribution < -0.4 is 5.32 Å². The third kappa shape index (κ3) is 9.34. The quantitative estimate of drug-likeness (QED) is 0.643. The van der Waals surface area contributed by atoms with Crippen molar-refractivity contribution in [3.8, 4) is 0 Å². The van der Waals surface area contributed by atoms with Crippen LogP contribution in [-0.2, 0) is 10.8 Å². The molecule has 0 radical (unpaired) electrons. The maximum atomic E-state index is 11.7. The van der Waals surface area contributed by atoms with Gasteiger partial charge in [0, 0.05) is 28.3 Å². The van der Waals surface area contributed by atoms with Gasteiger partial charge in [-0.3, -0.25) is 4.21 Å². The standard InChI is InChI=1S/C13H29NOS/c1-5-13(14-6-2)8-7-10-16(15)11-9-12(3)4/h12-14H,5-11H2,1-4H3. The Morgan fingerprint density at radius 2 is 1.81 bits per heavy atom. The van der Waals surface area contributed by atoms with Crippen molar-refractivity contribution >= 4 is 10.8 Å². The molecule has 2 unspecified atom stereocenters. The Balaban J connectivity index is 3.52. The van der Waals surface area contributed by atoms with E-state index in [1.807, 2.05) is 0 Å². The van der Waals surface area contributed by atoms with Gasteiger partial charge < -0.3 is 5.32 Å². The average Bonchev–Trinajstić information content (AvgIpc) is 2.25. The lowest BCUT2D eigenvalue weighted by atomic mass is 10.1. The maximum Gasteiger partial charge on any atom is 0.0237 e. The number of hydrogen-bond acceptors (Lipinski definition) is 2. The number of rotatable bonds is 10. The molecule has 0 aromatic carbocycles. The second-order valence-corrected chi connectivity index (χ2v) is 6.53. The van der Waals surface area contributed by atoms with Gasteiger partial charge in [0.2, 0.25) is 0 Å². The third-order valence-electron chi connectivity index (χ3n) is 2.83. The van der Waals surface area contributed by atoms with Crippen LogP contribution in [0.3, 0.4) is 0 Å². The molecule has 0 spiro atoms. The van der Waals surface area contributed by atoms with Crippen molar-refractivity contribution in [2.75, 3.05) is 18.1 Å². The molecule has 98 valence electrons. The molecule has 0 rings (SSSR count). The first-order chi connectivity index (χ1) is 7.60. The van der Waals surface area contributed by atoms with Crippen molar-refractivity contribution in [1.82, 2.24) is 5.32 Å². The number of nitrogens with one attached hydrogen (secondary N) is 1. The summed E-state index contributed by atoms with van der Waals surface area (Å²) in [5.41, 5.74) is 0. The Morgan fingerprint density at radius 1 is 1.12 bits per heavy atom. The van der Waals surface area contributed by atoms with Gasteiger partial charge in [-0.2, -0.15) is 0 Å². The Labute approximate surface area is 104 Å². The van der Waals surface area contributed by atoms with Crippen molar-refractivity contribution in [2.24, 2.45) is 5.92 Å². The summed E-state index contributed by atoms with van der Waals surface area (Å²) < 4.78 is 11.7. The molecule has 16 heavy (non-hydrogen) atoms. The van der Waals surface area contributed by atoms with Gasteiger partial charge in [0.1, 0.15) is 0 Å². The monoisotopic (exact) mass is 247 g/mol. The molecule has 1 N–H and O–H groups in total. The van der Waals surface area contributed by atoms with Crippen LogP contribution in [0.2, 0.25) is 0 Å². The van der Waals surface area contributed by atoms with Crippen molar-refractivity contribution < 1.29 is 4.21 Å². The summed E-state index contributed by atoms with van der Waals surface area (Å²) in [6, 6.07) is 0.618. The summed E-state index contributed by atoms with van der Waals surface area (Å²) in [6.45, 7) is 9.77. The second kappa shape index (κ2) is 10.3. The first-order valence-corrected chi connectivity index (χ1v) is 8.17. The van der Waals surface area contributed by atoms with Crippen LogP contribution in [-0.4, -0.2) is 28.3 Å². The van der Waals surface area contributed by atoms with Gasteiger partial charge in [0.25, 0.3) is 0 Å². The van der Waals surface area contributed by atoms with Gasteiger partial charge in [-0.15, -0.1) is 0 Å². The minimum atomic E-state index is -0.591. The molecule has 0 bridgehead atoms. The molecule has 0 aromatic rings. The fourth-order valence-corrected chi connectivity index (χ4v) is 3.13. The van der Waals surface area contributed by atoms with Gasteiger partial charge in [-0.25, -0.2) is 0 Å². The van der Waals surface area contributed by atoms with Crippen LogP contribution in [0.4, 0.5) is 0 Å². The van der Waals surface area contributed by atoms with Gasteiger partial charge in [0.05, 0.1) is 0 Å². The lowest BCUT2D eigenvalue weighted by Crippen LogP contribution is -2.28.